The summed E-state index contributed by atoms with van der Waals surface area (Å²) in [5.41, 5.74) is 5.39. The molecule has 0 atom stereocenters. The molecule has 1 aromatic heterocycles. The summed E-state index contributed by atoms with van der Waals surface area (Å²) in [5, 5.41) is 20.9. The van der Waals surface area contributed by atoms with Crippen molar-refractivity contribution >= 4 is 11.7 Å². The third kappa shape index (κ3) is 2.19. The third-order valence-corrected chi connectivity index (χ3v) is 1.54. The van der Waals surface area contributed by atoms with Crippen LogP contribution in [-0.4, -0.2) is 32.6 Å². The van der Waals surface area contributed by atoms with Gasteiger partial charge in [0.15, 0.2) is 5.69 Å². The summed E-state index contributed by atoms with van der Waals surface area (Å²) in [6.07, 6.45) is 1.97. The van der Waals surface area contributed by atoms with Crippen LogP contribution in [0.1, 0.15) is 16.9 Å². The van der Waals surface area contributed by atoms with Crippen LogP contribution in [0.4, 0.5) is 5.69 Å². The maximum absolute atomic E-state index is 10.5. The van der Waals surface area contributed by atoms with Gasteiger partial charge in [-0.1, -0.05) is 0 Å². The lowest BCUT2D eigenvalue weighted by Gasteiger charge is -1.96. The van der Waals surface area contributed by atoms with Crippen LogP contribution in [0.5, 0.6) is 0 Å². The summed E-state index contributed by atoms with van der Waals surface area (Å²) in [6, 6.07) is 0. The Hall–Kier alpha value is -1.56. The summed E-state index contributed by atoms with van der Waals surface area (Å²) in [5.74, 6) is -1.14. The molecule has 0 aliphatic carbocycles. The van der Waals surface area contributed by atoms with Crippen LogP contribution in [0.15, 0.2) is 6.20 Å². The first-order chi connectivity index (χ1) is 6.15. The molecule has 0 unspecified atom stereocenters. The first-order valence-electron chi connectivity index (χ1n) is 3.82. The molecule has 0 aliphatic rings. The highest BCUT2D eigenvalue weighted by molar-refractivity contribution is 5.91. The van der Waals surface area contributed by atoms with Gasteiger partial charge in [0, 0.05) is 19.3 Å². The van der Waals surface area contributed by atoms with E-state index in [-0.39, 0.29) is 18.0 Å². The first-order valence-corrected chi connectivity index (χ1v) is 3.82. The zero-order chi connectivity index (χ0) is 9.84. The monoisotopic (exact) mass is 185 g/mol. The van der Waals surface area contributed by atoms with Crippen molar-refractivity contribution in [1.82, 2.24) is 9.78 Å². The molecule has 0 amide bonds. The molecule has 0 saturated heterocycles. The summed E-state index contributed by atoms with van der Waals surface area (Å²) >= 11 is 0. The van der Waals surface area contributed by atoms with E-state index < -0.39 is 5.97 Å². The molecular formula is C7H11N3O3. The number of aromatic carboxylic acids is 1. The van der Waals surface area contributed by atoms with Crippen molar-refractivity contribution in [1.29, 1.82) is 0 Å². The Morgan fingerprint density at radius 2 is 2.38 bits per heavy atom. The van der Waals surface area contributed by atoms with Crippen LogP contribution < -0.4 is 5.73 Å². The van der Waals surface area contributed by atoms with Crippen molar-refractivity contribution in [3.8, 4) is 0 Å². The zero-order valence-electron chi connectivity index (χ0n) is 6.97. The summed E-state index contributed by atoms with van der Waals surface area (Å²) in [4.78, 5) is 10.5. The fourth-order valence-electron chi connectivity index (χ4n) is 0.950. The normalized spacial score (nSPS) is 10.2. The molecular weight excluding hydrogens is 174 g/mol. The van der Waals surface area contributed by atoms with E-state index in [1.165, 1.54) is 10.9 Å². The number of nitrogen functional groups attached to an aromatic ring is 1. The molecule has 0 radical (unpaired) electrons. The topological polar surface area (TPSA) is 101 Å². The van der Waals surface area contributed by atoms with Crippen molar-refractivity contribution < 1.29 is 15.0 Å². The number of aliphatic hydroxyl groups excluding tert-OH is 1. The Bertz CT molecular complexity index is 308. The maximum Gasteiger partial charge on any atom is 0.358 e. The molecule has 1 heterocycles. The lowest BCUT2D eigenvalue weighted by Crippen LogP contribution is -2.04. The molecule has 0 saturated carbocycles. The van der Waals surface area contributed by atoms with Crippen molar-refractivity contribution in [3.63, 3.8) is 0 Å². The van der Waals surface area contributed by atoms with Crippen LogP contribution >= 0.6 is 0 Å². The van der Waals surface area contributed by atoms with Crippen molar-refractivity contribution in [2.45, 2.75) is 13.0 Å². The van der Waals surface area contributed by atoms with Gasteiger partial charge in [-0.15, -0.1) is 0 Å². The van der Waals surface area contributed by atoms with E-state index in [2.05, 4.69) is 5.10 Å². The molecule has 13 heavy (non-hydrogen) atoms. The quantitative estimate of drug-likeness (QED) is 0.589. The second-order valence-corrected chi connectivity index (χ2v) is 2.58. The largest absolute Gasteiger partial charge is 0.476 e. The summed E-state index contributed by atoms with van der Waals surface area (Å²) < 4.78 is 1.41. The average molecular weight is 185 g/mol. The van der Waals surface area contributed by atoms with Gasteiger partial charge >= 0.3 is 5.97 Å². The van der Waals surface area contributed by atoms with Gasteiger partial charge in [0.05, 0.1) is 5.69 Å². The minimum atomic E-state index is -1.14. The van der Waals surface area contributed by atoms with E-state index in [1.54, 1.807) is 0 Å². The molecule has 4 N–H and O–H groups in total. The Kier molecular flexibility index (Phi) is 2.86. The molecule has 1 aromatic rings. The zero-order valence-corrected chi connectivity index (χ0v) is 6.97. The van der Waals surface area contributed by atoms with E-state index in [1.807, 2.05) is 0 Å². The smallest absolute Gasteiger partial charge is 0.358 e. The fraction of sp³-hybridized carbons (Fsp3) is 0.429. The molecule has 1 rings (SSSR count). The number of nitrogens with two attached hydrogens (primary N) is 1. The molecule has 0 spiro atoms. The summed E-state index contributed by atoms with van der Waals surface area (Å²) in [7, 11) is 0. The molecule has 0 aromatic carbocycles. The number of aromatic nitrogens is 2. The maximum atomic E-state index is 10.5. The van der Waals surface area contributed by atoms with Crippen LogP contribution in [0, 0.1) is 0 Å². The van der Waals surface area contributed by atoms with Crippen LogP contribution in [0.2, 0.25) is 0 Å². The van der Waals surface area contributed by atoms with Crippen molar-refractivity contribution in [2.24, 2.45) is 0 Å². The Morgan fingerprint density at radius 1 is 1.69 bits per heavy atom. The number of carbonyl (C=O) groups is 1. The van der Waals surface area contributed by atoms with Crippen LogP contribution in [-0.2, 0) is 6.54 Å². The highest BCUT2D eigenvalue weighted by atomic mass is 16.4. The number of nitrogens with zero attached hydrogens (tertiary/aromatic N) is 2. The minimum absolute atomic E-state index is 0.0438. The number of hydrogen-bond donors (Lipinski definition) is 3. The van der Waals surface area contributed by atoms with Gasteiger partial charge in [0.1, 0.15) is 0 Å². The van der Waals surface area contributed by atoms with Crippen molar-refractivity contribution in [3.05, 3.63) is 11.9 Å². The van der Waals surface area contributed by atoms with Gasteiger partial charge < -0.3 is 15.9 Å². The highest BCUT2D eigenvalue weighted by Crippen LogP contribution is 2.08. The summed E-state index contributed by atoms with van der Waals surface area (Å²) in [6.45, 7) is 0.510. The second-order valence-electron chi connectivity index (χ2n) is 2.58. The Labute approximate surface area is 74.6 Å². The first kappa shape index (κ1) is 9.53. The van der Waals surface area contributed by atoms with E-state index >= 15 is 0 Å². The SMILES string of the molecule is Nc1cn(CCCO)nc1C(=O)O. The van der Waals surface area contributed by atoms with Gasteiger partial charge in [-0.05, 0) is 6.42 Å². The highest BCUT2D eigenvalue weighted by Gasteiger charge is 2.12. The van der Waals surface area contributed by atoms with Crippen LogP contribution in [0.3, 0.4) is 0 Å². The standard InChI is InChI=1S/C7H11N3O3/c8-5-4-10(2-1-3-11)9-6(5)7(12)13/h4,11H,1-3,8H2,(H,12,13). The third-order valence-electron chi connectivity index (χ3n) is 1.54. The molecule has 6 nitrogen and oxygen atoms in total. The molecule has 72 valence electrons. The number of aryl methyl sites for hydroxylation is 1. The van der Waals surface area contributed by atoms with E-state index in [0.717, 1.165) is 0 Å². The van der Waals surface area contributed by atoms with Crippen molar-refractivity contribution in [2.75, 3.05) is 12.3 Å². The molecule has 0 bridgehead atoms. The Balaban J connectivity index is 2.76. The molecule has 0 fully saturated rings. The lowest BCUT2D eigenvalue weighted by molar-refractivity contribution is 0.0690. The molecule has 6 heteroatoms. The second kappa shape index (κ2) is 3.90. The number of rotatable bonds is 4. The number of aliphatic hydroxyl groups is 1. The number of carboxylic acid groups (broad SMARTS) is 1. The predicted octanol–water partition coefficient (Wildman–Crippen LogP) is -0.454. The van der Waals surface area contributed by atoms with Gasteiger partial charge in [-0.3, -0.25) is 4.68 Å². The number of hydrogen-bond acceptors (Lipinski definition) is 4. The van der Waals surface area contributed by atoms with E-state index in [4.69, 9.17) is 15.9 Å². The Morgan fingerprint density at radius 3 is 2.85 bits per heavy atom. The van der Waals surface area contributed by atoms with Gasteiger partial charge in [0.25, 0.3) is 0 Å². The molecule has 0 aliphatic heterocycles. The van der Waals surface area contributed by atoms with E-state index in [0.29, 0.717) is 13.0 Å². The van der Waals surface area contributed by atoms with E-state index in [9.17, 15) is 4.79 Å². The number of carboxylic acids is 1. The lowest BCUT2D eigenvalue weighted by atomic mass is 10.4. The predicted molar refractivity (Wildman–Crippen MR) is 45.3 cm³/mol. The van der Waals surface area contributed by atoms with Gasteiger partial charge in [-0.2, -0.15) is 5.10 Å². The van der Waals surface area contributed by atoms with Gasteiger partial charge in [-0.25, -0.2) is 4.79 Å². The number of anilines is 1. The fourth-order valence-corrected chi connectivity index (χ4v) is 0.950. The van der Waals surface area contributed by atoms with Gasteiger partial charge in [0.2, 0.25) is 0 Å². The van der Waals surface area contributed by atoms with Crippen LogP contribution in [0.25, 0.3) is 0 Å². The average Bonchev–Trinajstić information content (AvgIpc) is 2.43. The minimum Gasteiger partial charge on any atom is -0.476 e.